The van der Waals surface area contributed by atoms with Crippen LogP contribution in [0.2, 0.25) is 0 Å². The van der Waals surface area contributed by atoms with E-state index in [1.807, 2.05) is 6.20 Å². The molecule has 0 radical (unpaired) electrons. The zero-order valence-corrected chi connectivity index (χ0v) is 18.3. The average Bonchev–Trinajstić information content (AvgIpc) is 3.52. The van der Waals surface area contributed by atoms with Crippen LogP contribution in [-0.4, -0.2) is 70.1 Å². The number of anilines is 1. The van der Waals surface area contributed by atoms with Gasteiger partial charge in [0.05, 0.1) is 5.69 Å². The molecule has 0 aromatic carbocycles. The molecule has 0 bridgehead atoms. The number of hydrogen-bond donors (Lipinski definition) is 1. The van der Waals surface area contributed by atoms with Crippen LogP contribution in [0.1, 0.15) is 31.0 Å². The number of aryl methyl sites for hydroxylation is 1. The first-order valence-electron chi connectivity index (χ1n) is 11.0. The Kier molecular flexibility index (Phi) is 6.78. The van der Waals surface area contributed by atoms with Crippen molar-refractivity contribution in [1.29, 1.82) is 0 Å². The van der Waals surface area contributed by atoms with Crippen molar-refractivity contribution in [2.45, 2.75) is 38.1 Å². The number of ether oxygens (including phenoxy) is 1. The lowest BCUT2D eigenvalue weighted by Crippen LogP contribution is -2.46. The van der Waals surface area contributed by atoms with Crippen molar-refractivity contribution in [1.82, 2.24) is 24.3 Å². The number of rotatable bonds is 9. The molecule has 0 amide bonds. The number of piperazine rings is 1. The highest BCUT2D eigenvalue weighted by molar-refractivity contribution is 5.64. The van der Waals surface area contributed by atoms with Gasteiger partial charge in [-0.05, 0) is 18.9 Å². The molecule has 1 saturated carbocycles. The minimum Gasteiger partial charge on any atom is -0.402 e. The molecular formula is C22H28F4N6O. The van der Waals surface area contributed by atoms with Crippen LogP contribution in [0, 0.1) is 0 Å². The minimum atomic E-state index is -4.86. The second-order valence-corrected chi connectivity index (χ2v) is 8.44. The average molecular weight is 468 g/mol. The fraction of sp³-hybridized carbons (Fsp3) is 0.545. The molecular weight excluding hydrogens is 440 g/mol. The number of aromatic nitrogens is 3. The van der Waals surface area contributed by atoms with Crippen molar-refractivity contribution in [3.63, 3.8) is 0 Å². The van der Waals surface area contributed by atoms with Crippen molar-refractivity contribution in [3.05, 3.63) is 36.6 Å². The lowest BCUT2D eigenvalue weighted by atomic mass is 10.2. The van der Waals surface area contributed by atoms with E-state index in [0.717, 1.165) is 57.0 Å². The molecule has 2 fully saturated rings. The lowest BCUT2D eigenvalue weighted by molar-refractivity contribution is -0.274. The summed E-state index contributed by atoms with van der Waals surface area (Å²) >= 11 is 0. The van der Waals surface area contributed by atoms with Crippen molar-refractivity contribution in [3.8, 4) is 17.0 Å². The van der Waals surface area contributed by atoms with Gasteiger partial charge in [0.25, 0.3) is 0 Å². The van der Waals surface area contributed by atoms with Crippen LogP contribution in [0.4, 0.5) is 23.4 Å². The van der Waals surface area contributed by atoms with Crippen molar-refractivity contribution < 1.29 is 22.3 Å². The van der Waals surface area contributed by atoms with Gasteiger partial charge >= 0.3 is 6.36 Å². The third kappa shape index (κ3) is 5.95. The highest BCUT2D eigenvalue weighted by Gasteiger charge is 2.33. The lowest BCUT2D eigenvalue weighted by Gasteiger charge is -2.36. The minimum absolute atomic E-state index is 0.332. The predicted molar refractivity (Wildman–Crippen MR) is 116 cm³/mol. The van der Waals surface area contributed by atoms with Crippen LogP contribution < -0.4 is 10.5 Å². The summed E-state index contributed by atoms with van der Waals surface area (Å²) in [6.07, 6.45) is 1.18. The molecule has 3 heterocycles. The molecule has 0 unspecified atom stereocenters. The summed E-state index contributed by atoms with van der Waals surface area (Å²) in [6, 6.07) is 1.22. The Balaban J connectivity index is 1.45. The van der Waals surface area contributed by atoms with Crippen molar-refractivity contribution in [2.24, 2.45) is 0 Å². The smallest absolute Gasteiger partial charge is 0.402 e. The van der Waals surface area contributed by atoms with Crippen LogP contribution in [0.5, 0.6) is 5.75 Å². The molecule has 4 rings (SSSR count). The molecule has 0 spiro atoms. The zero-order chi connectivity index (χ0) is 23.6. The number of alkyl halides is 4. The first-order chi connectivity index (χ1) is 15.7. The van der Waals surface area contributed by atoms with E-state index in [1.54, 1.807) is 0 Å². The largest absolute Gasteiger partial charge is 0.573 e. The second-order valence-electron chi connectivity index (χ2n) is 8.44. The molecule has 1 aliphatic carbocycles. The van der Waals surface area contributed by atoms with E-state index in [-0.39, 0.29) is 12.5 Å². The Hall–Kier alpha value is -2.82. The summed E-state index contributed by atoms with van der Waals surface area (Å²) < 4.78 is 56.6. The predicted octanol–water partition coefficient (Wildman–Crippen LogP) is 3.79. The summed E-state index contributed by atoms with van der Waals surface area (Å²) in [6.45, 7) is 8.31. The number of imidazole rings is 1. The van der Waals surface area contributed by atoms with E-state index in [4.69, 9.17) is 10.7 Å². The van der Waals surface area contributed by atoms with E-state index in [9.17, 15) is 17.6 Å². The Morgan fingerprint density at radius 3 is 2.55 bits per heavy atom. The first kappa shape index (κ1) is 23.3. The fourth-order valence-corrected chi connectivity index (χ4v) is 4.03. The summed E-state index contributed by atoms with van der Waals surface area (Å²) in [5.41, 5.74) is 7.50. The van der Waals surface area contributed by atoms with Gasteiger partial charge in [-0.2, -0.15) is 0 Å². The summed E-state index contributed by atoms with van der Waals surface area (Å²) in [5, 5.41) is 0. The highest BCUT2D eigenvalue weighted by atomic mass is 19.4. The SMILES string of the molecule is C=C(CCn1cc(-c2cnc(N)c(OC(F)(F)F)c2)nc1C1CC1)N1CCN(CCF)CC1. The van der Waals surface area contributed by atoms with E-state index in [1.165, 1.54) is 12.3 Å². The number of hydrogen-bond acceptors (Lipinski definition) is 6. The molecule has 11 heteroatoms. The number of halogens is 4. The van der Waals surface area contributed by atoms with Crippen LogP contribution in [0.3, 0.4) is 0 Å². The molecule has 2 aliphatic rings. The van der Waals surface area contributed by atoms with Gasteiger partial charge in [0, 0.05) is 75.3 Å². The van der Waals surface area contributed by atoms with E-state index in [0.29, 0.717) is 30.3 Å². The third-order valence-electron chi connectivity index (χ3n) is 6.01. The molecule has 2 aromatic rings. The van der Waals surface area contributed by atoms with Crippen LogP contribution in [-0.2, 0) is 6.54 Å². The molecule has 2 aromatic heterocycles. The molecule has 7 nitrogen and oxygen atoms in total. The van der Waals surface area contributed by atoms with E-state index in [2.05, 4.69) is 30.7 Å². The van der Waals surface area contributed by atoms with Gasteiger partial charge in [-0.25, -0.2) is 14.4 Å². The normalized spacial score (nSPS) is 17.4. The number of pyridine rings is 1. The van der Waals surface area contributed by atoms with Gasteiger partial charge < -0.3 is 19.9 Å². The van der Waals surface area contributed by atoms with Gasteiger partial charge in [-0.3, -0.25) is 4.90 Å². The van der Waals surface area contributed by atoms with Gasteiger partial charge in [-0.1, -0.05) is 6.58 Å². The number of allylic oxidation sites excluding steroid dienone is 1. The number of nitrogens with two attached hydrogens (primary N) is 1. The zero-order valence-electron chi connectivity index (χ0n) is 18.3. The summed E-state index contributed by atoms with van der Waals surface area (Å²) in [7, 11) is 0. The Labute approximate surface area is 189 Å². The van der Waals surface area contributed by atoms with Crippen molar-refractivity contribution in [2.75, 3.05) is 45.1 Å². The fourth-order valence-electron chi connectivity index (χ4n) is 4.03. The standard InChI is InChI=1S/C22H28F4N6O/c1-15(31-10-8-30(7-5-23)9-11-31)4-6-32-14-18(29-21(32)16-2-3-16)17-12-19(20(27)28-13-17)33-22(24,25)26/h12-14,16H,1-11H2,(H2,27,28). The van der Waals surface area contributed by atoms with E-state index >= 15 is 0 Å². The molecule has 33 heavy (non-hydrogen) atoms. The molecule has 1 saturated heterocycles. The maximum atomic E-state index is 12.7. The van der Waals surface area contributed by atoms with Gasteiger partial charge in [0.15, 0.2) is 11.6 Å². The van der Waals surface area contributed by atoms with Crippen LogP contribution in [0.15, 0.2) is 30.7 Å². The number of nitrogens with zero attached hydrogens (tertiary/aromatic N) is 5. The summed E-state index contributed by atoms with van der Waals surface area (Å²) in [4.78, 5) is 12.9. The Bertz CT molecular complexity index is 980. The molecule has 180 valence electrons. The van der Waals surface area contributed by atoms with Gasteiger partial charge in [0.2, 0.25) is 0 Å². The molecule has 2 N–H and O–H groups in total. The topological polar surface area (TPSA) is 72.4 Å². The van der Waals surface area contributed by atoms with E-state index < -0.39 is 12.1 Å². The van der Waals surface area contributed by atoms with Crippen LogP contribution >= 0.6 is 0 Å². The maximum Gasteiger partial charge on any atom is 0.573 e. The molecule has 0 atom stereocenters. The third-order valence-corrected chi connectivity index (χ3v) is 6.01. The van der Waals surface area contributed by atoms with Crippen molar-refractivity contribution >= 4 is 5.82 Å². The van der Waals surface area contributed by atoms with Crippen LogP contribution in [0.25, 0.3) is 11.3 Å². The maximum absolute atomic E-state index is 12.7. The monoisotopic (exact) mass is 468 g/mol. The molecule has 1 aliphatic heterocycles. The van der Waals surface area contributed by atoms with Gasteiger partial charge in [0.1, 0.15) is 12.5 Å². The Morgan fingerprint density at radius 2 is 1.91 bits per heavy atom. The highest BCUT2D eigenvalue weighted by Crippen LogP contribution is 2.41. The number of nitrogen functional groups attached to an aromatic ring is 1. The summed E-state index contributed by atoms with van der Waals surface area (Å²) in [5.74, 6) is 0.396. The quantitative estimate of drug-likeness (QED) is 0.565. The Morgan fingerprint density at radius 1 is 1.18 bits per heavy atom. The van der Waals surface area contributed by atoms with Gasteiger partial charge in [-0.15, -0.1) is 13.2 Å². The first-order valence-corrected chi connectivity index (χ1v) is 11.0. The second kappa shape index (κ2) is 9.58.